The SMILES string of the molecule is NC(=O)C1COCCN1c1nc(Cl)c(Cl)cc1Cl. The molecule has 2 rings (SSSR count). The van der Waals surface area contributed by atoms with Crippen molar-refractivity contribution < 1.29 is 9.53 Å². The summed E-state index contributed by atoms with van der Waals surface area (Å²) in [7, 11) is 0. The van der Waals surface area contributed by atoms with E-state index >= 15 is 0 Å². The van der Waals surface area contributed by atoms with Gasteiger partial charge in [-0.05, 0) is 6.07 Å². The first kappa shape index (κ1) is 13.7. The Morgan fingerprint density at radius 2 is 2.17 bits per heavy atom. The standard InChI is InChI=1S/C10H10Cl3N3O2/c11-5-3-6(12)10(15-8(5)13)16-1-2-18-4-7(16)9(14)17/h3,7H,1-2,4H2,(H2,14,17). The molecule has 0 aliphatic carbocycles. The molecular weight excluding hydrogens is 300 g/mol. The lowest BCUT2D eigenvalue weighted by atomic mass is 10.2. The number of hydrogen-bond acceptors (Lipinski definition) is 4. The Hall–Kier alpha value is -0.750. The zero-order valence-corrected chi connectivity index (χ0v) is 11.5. The Bertz CT molecular complexity index is 484. The van der Waals surface area contributed by atoms with Crippen LogP contribution in [-0.4, -0.2) is 36.7 Å². The number of ether oxygens (including phenoxy) is 1. The summed E-state index contributed by atoms with van der Waals surface area (Å²) in [5.74, 6) is -0.114. The van der Waals surface area contributed by atoms with Crippen LogP contribution in [0.3, 0.4) is 0 Å². The highest BCUT2D eigenvalue weighted by molar-refractivity contribution is 6.43. The number of nitrogens with two attached hydrogens (primary N) is 1. The third-order valence-electron chi connectivity index (χ3n) is 2.60. The maximum Gasteiger partial charge on any atom is 0.242 e. The highest BCUT2D eigenvalue weighted by atomic mass is 35.5. The average molecular weight is 311 g/mol. The third kappa shape index (κ3) is 2.64. The fraction of sp³-hybridized carbons (Fsp3) is 0.400. The summed E-state index contributed by atoms with van der Waals surface area (Å²) in [6.07, 6.45) is 0. The lowest BCUT2D eigenvalue weighted by molar-refractivity contribution is -0.121. The molecule has 0 saturated carbocycles. The zero-order valence-electron chi connectivity index (χ0n) is 9.20. The second-order valence-corrected chi connectivity index (χ2v) is 4.93. The van der Waals surface area contributed by atoms with E-state index in [0.717, 1.165) is 0 Å². The lowest BCUT2D eigenvalue weighted by Gasteiger charge is -2.34. The number of primary amides is 1. The predicted octanol–water partition coefficient (Wildman–Crippen LogP) is 1.73. The van der Waals surface area contributed by atoms with E-state index in [9.17, 15) is 4.79 Å². The number of pyridine rings is 1. The zero-order chi connectivity index (χ0) is 13.3. The van der Waals surface area contributed by atoms with Crippen LogP contribution in [0, 0.1) is 0 Å². The number of aromatic nitrogens is 1. The maximum atomic E-state index is 11.4. The van der Waals surface area contributed by atoms with Crippen molar-refractivity contribution >= 4 is 46.5 Å². The topological polar surface area (TPSA) is 68.5 Å². The molecule has 1 fully saturated rings. The van der Waals surface area contributed by atoms with Crippen LogP contribution in [0.15, 0.2) is 6.07 Å². The van der Waals surface area contributed by atoms with E-state index in [1.165, 1.54) is 6.07 Å². The highest BCUT2D eigenvalue weighted by Gasteiger charge is 2.30. The van der Waals surface area contributed by atoms with Crippen molar-refractivity contribution in [1.82, 2.24) is 4.98 Å². The smallest absolute Gasteiger partial charge is 0.242 e. The van der Waals surface area contributed by atoms with Crippen LogP contribution in [0.5, 0.6) is 0 Å². The van der Waals surface area contributed by atoms with Crippen molar-refractivity contribution in [3.8, 4) is 0 Å². The first-order valence-corrected chi connectivity index (χ1v) is 6.29. The summed E-state index contributed by atoms with van der Waals surface area (Å²) in [5.41, 5.74) is 5.32. The monoisotopic (exact) mass is 309 g/mol. The number of carbonyl (C=O) groups excluding carboxylic acids is 1. The number of amides is 1. The van der Waals surface area contributed by atoms with Crippen molar-refractivity contribution in [1.29, 1.82) is 0 Å². The largest absolute Gasteiger partial charge is 0.377 e. The summed E-state index contributed by atoms with van der Waals surface area (Å²) >= 11 is 17.7. The first-order chi connectivity index (χ1) is 8.50. The van der Waals surface area contributed by atoms with Crippen molar-refractivity contribution in [2.75, 3.05) is 24.7 Å². The fourth-order valence-electron chi connectivity index (χ4n) is 1.73. The summed E-state index contributed by atoms with van der Waals surface area (Å²) in [6.45, 7) is 1.12. The molecule has 1 amide bonds. The van der Waals surface area contributed by atoms with Gasteiger partial charge in [-0.25, -0.2) is 4.98 Å². The minimum atomic E-state index is -0.610. The molecule has 1 aromatic rings. The molecule has 0 aromatic carbocycles. The van der Waals surface area contributed by atoms with Crippen molar-refractivity contribution in [3.63, 3.8) is 0 Å². The molecule has 98 valence electrons. The highest BCUT2D eigenvalue weighted by Crippen LogP contribution is 2.32. The molecule has 8 heteroatoms. The minimum absolute atomic E-state index is 0.130. The van der Waals surface area contributed by atoms with Gasteiger partial charge in [0, 0.05) is 6.54 Å². The third-order valence-corrected chi connectivity index (χ3v) is 3.55. The van der Waals surface area contributed by atoms with Gasteiger partial charge in [-0.15, -0.1) is 0 Å². The maximum absolute atomic E-state index is 11.4. The van der Waals surface area contributed by atoms with E-state index in [1.807, 2.05) is 0 Å². The summed E-state index contributed by atoms with van der Waals surface area (Å²) in [6, 6.07) is 0.877. The lowest BCUT2D eigenvalue weighted by Crippen LogP contribution is -2.53. The van der Waals surface area contributed by atoms with E-state index < -0.39 is 11.9 Å². The van der Waals surface area contributed by atoms with Gasteiger partial charge in [0.15, 0.2) is 0 Å². The van der Waals surface area contributed by atoms with E-state index in [2.05, 4.69) is 4.98 Å². The van der Waals surface area contributed by atoms with Gasteiger partial charge in [-0.1, -0.05) is 34.8 Å². The van der Waals surface area contributed by atoms with Crippen LogP contribution in [0.2, 0.25) is 15.2 Å². The number of morpholine rings is 1. The molecule has 5 nitrogen and oxygen atoms in total. The molecule has 1 saturated heterocycles. The van der Waals surface area contributed by atoms with Crippen molar-refractivity contribution in [2.45, 2.75) is 6.04 Å². The van der Waals surface area contributed by atoms with Gasteiger partial charge in [0.2, 0.25) is 5.91 Å². The molecule has 0 bridgehead atoms. The van der Waals surface area contributed by atoms with Gasteiger partial charge in [0.05, 0.1) is 23.3 Å². The van der Waals surface area contributed by atoms with Gasteiger partial charge in [-0.2, -0.15) is 0 Å². The van der Waals surface area contributed by atoms with Crippen LogP contribution in [-0.2, 0) is 9.53 Å². The van der Waals surface area contributed by atoms with E-state index in [0.29, 0.717) is 24.0 Å². The van der Waals surface area contributed by atoms with Crippen LogP contribution in [0.1, 0.15) is 0 Å². The minimum Gasteiger partial charge on any atom is -0.377 e. The molecule has 1 aromatic heterocycles. The van der Waals surface area contributed by atoms with Gasteiger partial charge >= 0.3 is 0 Å². The molecule has 0 spiro atoms. The van der Waals surface area contributed by atoms with Crippen LogP contribution in [0.4, 0.5) is 5.82 Å². The summed E-state index contributed by atoms with van der Waals surface area (Å²) in [5, 5.41) is 0.706. The van der Waals surface area contributed by atoms with Crippen molar-refractivity contribution in [2.24, 2.45) is 5.73 Å². The summed E-state index contributed by atoms with van der Waals surface area (Å²) in [4.78, 5) is 17.1. The molecule has 2 N–H and O–H groups in total. The molecule has 2 heterocycles. The van der Waals surface area contributed by atoms with E-state index in [1.54, 1.807) is 4.90 Å². The second kappa shape index (κ2) is 5.48. The molecule has 0 radical (unpaired) electrons. The Balaban J connectivity index is 2.39. The molecule has 1 aliphatic rings. The Labute approximate surface area is 119 Å². The predicted molar refractivity (Wildman–Crippen MR) is 70.4 cm³/mol. The number of rotatable bonds is 2. The number of hydrogen-bond donors (Lipinski definition) is 1. The molecule has 1 atom stereocenters. The van der Waals surface area contributed by atoms with Crippen LogP contribution >= 0.6 is 34.8 Å². The van der Waals surface area contributed by atoms with Crippen LogP contribution in [0.25, 0.3) is 0 Å². The Morgan fingerprint density at radius 3 is 2.83 bits per heavy atom. The molecular formula is C10H10Cl3N3O2. The average Bonchev–Trinajstić information content (AvgIpc) is 2.34. The van der Waals surface area contributed by atoms with Gasteiger partial charge < -0.3 is 15.4 Å². The molecule has 1 aliphatic heterocycles. The number of nitrogens with zero attached hydrogens (tertiary/aromatic N) is 2. The first-order valence-electron chi connectivity index (χ1n) is 5.16. The second-order valence-electron chi connectivity index (χ2n) is 3.75. The van der Waals surface area contributed by atoms with Crippen LogP contribution < -0.4 is 10.6 Å². The molecule has 1 unspecified atom stereocenters. The van der Waals surface area contributed by atoms with Crippen molar-refractivity contribution in [3.05, 3.63) is 21.3 Å². The normalized spacial score (nSPS) is 19.9. The Kier molecular flexibility index (Phi) is 4.17. The molecule has 18 heavy (non-hydrogen) atoms. The number of halogens is 3. The van der Waals surface area contributed by atoms with E-state index in [4.69, 9.17) is 45.3 Å². The Morgan fingerprint density at radius 1 is 1.44 bits per heavy atom. The van der Waals surface area contributed by atoms with Gasteiger partial charge in [0.1, 0.15) is 17.0 Å². The number of carbonyl (C=O) groups is 1. The fourth-order valence-corrected chi connectivity index (χ4v) is 2.33. The quantitative estimate of drug-likeness (QED) is 0.845. The summed E-state index contributed by atoms with van der Waals surface area (Å²) < 4.78 is 5.22. The number of anilines is 1. The van der Waals surface area contributed by atoms with Gasteiger partial charge in [-0.3, -0.25) is 4.79 Å². The van der Waals surface area contributed by atoms with Gasteiger partial charge in [0.25, 0.3) is 0 Å². The van der Waals surface area contributed by atoms with E-state index in [-0.39, 0.29) is 16.8 Å².